The second kappa shape index (κ2) is 6.05. The maximum absolute atomic E-state index is 10.6. The number of piperazine rings is 1. The van der Waals surface area contributed by atoms with Crippen molar-refractivity contribution in [3.63, 3.8) is 0 Å². The molecule has 4 N–H and O–H groups in total. The van der Waals surface area contributed by atoms with Crippen LogP contribution in [0.5, 0.6) is 0 Å². The van der Waals surface area contributed by atoms with Gasteiger partial charge in [0.25, 0.3) is 0 Å². The van der Waals surface area contributed by atoms with Gasteiger partial charge in [0, 0.05) is 51.7 Å². The first kappa shape index (κ1) is 12.4. The van der Waals surface area contributed by atoms with Crippen molar-refractivity contribution in [2.24, 2.45) is 11.5 Å². The number of hydrogen-bond acceptors (Lipinski definition) is 4. The van der Waals surface area contributed by atoms with Crippen molar-refractivity contribution in [1.29, 1.82) is 0 Å². The SMILES string of the molecule is CC(CN)N1CCN(CCC(N)=O)CC1. The van der Waals surface area contributed by atoms with Crippen LogP contribution in [0.1, 0.15) is 13.3 Å². The van der Waals surface area contributed by atoms with E-state index in [0.29, 0.717) is 19.0 Å². The summed E-state index contributed by atoms with van der Waals surface area (Å²) < 4.78 is 0. The van der Waals surface area contributed by atoms with Gasteiger partial charge < -0.3 is 16.4 Å². The Balaban J connectivity index is 2.20. The standard InChI is InChI=1S/C10H22N4O/c1-9(8-11)14-6-4-13(5-7-14)3-2-10(12)15/h9H,2-8,11H2,1H3,(H2,12,15). The van der Waals surface area contributed by atoms with E-state index >= 15 is 0 Å². The lowest BCUT2D eigenvalue weighted by Gasteiger charge is -2.37. The van der Waals surface area contributed by atoms with Crippen LogP contribution in [0.25, 0.3) is 0 Å². The Morgan fingerprint density at radius 2 is 1.93 bits per heavy atom. The van der Waals surface area contributed by atoms with Crippen molar-refractivity contribution in [2.45, 2.75) is 19.4 Å². The van der Waals surface area contributed by atoms with E-state index in [4.69, 9.17) is 11.5 Å². The molecule has 5 nitrogen and oxygen atoms in total. The van der Waals surface area contributed by atoms with Gasteiger partial charge in [-0.05, 0) is 6.92 Å². The Kier molecular flexibility index (Phi) is 5.01. The molecule has 1 aliphatic heterocycles. The molecule has 0 saturated carbocycles. The Morgan fingerprint density at radius 3 is 2.40 bits per heavy atom. The predicted molar refractivity (Wildman–Crippen MR) is 60.3 cm³/mol. The second-order valence-electron chi connectivity index (χ2n) is 4.18. The third kappa shape index (κ3) is 4.15. The topological polar surface area (TPSA) is 75.6 Å². The Morgan fingerprint density at radius 1 is 1.33 bits per heavy atom. The van der Waals surface area contributed by atoms with Crippen molar-refractivity contribution in [2.75, 3.05) is 39.3 Å². The Bertz CT molecular complexity index is 202. The van der Waals surface area contributed by atoms with Crippen molar-refractivity contribution in [1.82, 2.24) is 9.80 Å². The van der Waals surface area contributed by atoms with Crippen molar-refractivity contribution in [3.8, 4) is 0 Å². The average Bonchev–Trinajstić information content (AvgIpc) is 2.26. The number of carbonyl (C=O) groups is 1. The van der Waals surface area contributed by atoms with E-state index in [1.165, 1.54) is 0 Å². The molecule has 0 radical (unpaired) electrons. The molecule has 0 bridgehead atoms. The van der Waals surface area contributed by atoms with Crippen LogP contribution >= 0.6 is 0 Å². The lowest BCUT2D eigenvalue weighted by molar-refractivity contribution is -0.118. The van der Waals surface area contributed by atoms with Crippen LogP contribution < -0.4 is 11.5 Å². The van der Waals surface area contributed by atoms with Crippen molar-refractivity contribution in [3.05, 3.63) is 0 Å². The normalized spacial score (nSPS) is 21.5. The summed E-state index contributed by atoms with van der Waals surface area (Å²) in [6, 6.07) is 0.461. The van der Waals surface area contributed by atoms with Gasteiger partial charge in [-0.3, -0.25) is 9.69 Å². The lowest BCUT2D eigenvalue weighted by atomic mass is 10.2. The number of nitrogens with two attached hydrogens (primary N) is 2. The zero-order valence-corrected chi connectivity index (χ0v) is 9.48. The fourth-order valence-electron chi connectivity index (χ4n) is 1.85. The Hall–Kier alpha value is -0.650. The van der Waals surface area contributed by atoms with Gasteiger partial charge in [-0.25, -0.2) is 0 Å². The molecule has 0 aromatic heterocycles. The first-order valence-electron chi connectivity index (χ1n) is 5.58. The fourth-order valence-corrected chi connectivity index (χ4v) is 1.85. The maximum atomic E-state index is 10.6. The van der Waals surface area contributed by atoms with Gasteiger partial charge in [-0.2, -0.15) is 0 Å². The highest BCUT2D eigenvalue weighted by Gasteiger charge is 2.19. The number of hydrogen-bond donors (Lipinski definition) is 2. The van der Waals surface area contributed by atoms with E-state index in [9.17, 15) is 4.79 Å². The molecule has 5 heteroatoms. The average molecular weight is 214 g/mol. The van der Waals surface area contributed by atoms with Crippen LogP contribution in [0.4, 0.5) is 0 Å². The van der Waals surface area contributed by atoms with Gasteiger partial charge in [0.05, 0.1) is 0 Å². The van der Waals surface area contributed by atoms with E-state index in [-0.39, 0.29) is 5.91 Å². The van der Waals surface area contributed by atoms with Crippen LogP contribution in [0.15, 0.2) is 0 Å². The van der Waals surface area contributed by atoms with E-state index in [1.54, 1.807) is 0 Å². The molecule has 1 rings (SSSR count). The molecule has 0 spiro atoms. The quantitative estimate of drug-likeness (QED) is 0.604. The van der Waals surface area contributed by atoms with E-state index in [2.05, 4.69) is 16.7 Å². The van der Waals surface area contributed by atoms with Gasteiger partial charge in [-0.15, -0.1) is 0 Å². The molecular formula is C10H22N4O. The first-order valence-corrected chi connectivity index (χ1v) is 5.58. The molecule has 1 saturated heterocycles. The summed E-state index contributed by atoms with van der Waals surface area (Å²) in [5.41, 5.74) is 10.7. The molecule has 1 unspecified atom stereocenters. The van der Waals surface area contributed by atoms with Crippen LogP contribution in [0.3, 0.4) is 0 Å². The minimum absolute atomic E-state index is 0.215. The summed E-state index contributed by atoms with van der Waals surface area (Å²) in [5, 5.41) is 0. The second-order valence-corrected chi connectivity index (χ2v) is 4.18. The molecule has 1 fully saturated rings. The molecular weight excluding hydrogens is 192 g/mol. The molecule has 1 heterocycles. The minimum Gasteiger partial charge on any atom is -0.370 e. The summed E-state index contributed by atoms with van der Waals surface area (Å²) in [4.78, 5) is 15.3. The van der Waals surface area contributed by atoms with Gasteiger partial charge >= 0.3 is 0 Å². The highest BCUT2D eigenvalue weighted by atomic mass is 16.1. The van der Waals surface area contributed by atoms with Gasteiger partial charge in [0.15, 0.2) is 0 Å². The molecule has 1 aliphatic rings. The number of nitrogens with zero attached hydrogens (tertiary/aromatic N) is 2. The molecule has 1 atom stereocenters. The minimum atomic E-state index is -0.215. The largest absolute Gasteiger partial charge is 0.370 e. The van der Waals surface area contributed by atoms with Gasteiger partial charge in [0.1, 0.15) is 0 Å². The number of carbonyl (C=O) groups excluding carboxylic acids is 1. The monoisotopic (exact) mass is 214 g/mol. The lowest BCUT2D eigenvalue weighted by Crippen LogP contribution is -2.51. The van der Waals surface area contributed by atoms with Crippen LogP contribution in [0, 0.1) is 0 Å². The zero-order valence-electron chi connectivity index (χ0n) is 9.48. The third-order valence-corrected chi connectivity index (χ3v) is 3.05. The highest BCUT2D eigenvalue weighted by Crippen LogP contribution is 2.05. The summed E-state index contributed by atoms with van der Waals surface area (Å²) in [6.07, 6.45) is 0.465. The maximum Gasteiger partial charge on any atom is 0.218 e. The number of primary amides is 1. The summed E-state index contributed by atoms with van der Waals surface area (Å²) >= 11 is 0. The van der Waals surface area contributed by atoms with Crippen LogP contribution in [-0.4, -0.2) is 61.0 Å². The molecule has 0 aromatic carbocycles. The molecule has 88 valence electrons. The summed E-state index contributed by atoms with van der Waals surface area (Å²) in [5.74, 6) is -0.215. The smallest absolute Gasteiger partial charge is 0.218 e. The molecule has 0 aliphatic carbocycles. The summed E-state index contributed by atoms with van der Waals surface area (Å²) in [6.45, 7) is 7.75. The number of amides is 1. The third-order valence-electron chi connectivity index (χ3n) is 3.05. The summed E-state index contributed by atoms with van der Waals surface area (Å²) in [7, 11) is 0. The van der Waals surface area contributed by atoms with Gasteiger partial charge in [-0.1, -0.05) is 0 Å². The van der Waals surface area contributed by atoms with Crippen LogP contribution in [0.2, 0.25) is 0 Å². The molecule has 0 aromatic rings. The highest BCUT2D eigenvalue weighted by molar-refractivity contribution is 5.73. The zero-order chi connectivity index (χ0) is 11.3. The number of rotatable bonds is 5. The van der Waals surface area contributed by atoms with Crippen molar-refractivity contribution < 1.29 is 4.79 Å². The first-order chi connectivity index (χ1) is 7.13. The van der Waals surface area contributed by atoms with Crippen LogP contribution in [-0.2, 0) is 4.79 Å². The van der Waals surface area contributed by atoms with E-state index in [0.717, 1.165) is 32.7 Å². The Labute approximate surface area is 91.4 Å². The van der Waals surface area contributed by atoms with Gasteiger partial charge in [0.2, 0.25) is 5.91 Å². The molecule has 1 amide bonds. The van der Waals surface area contributed by atoms with E-state index < -0.39 is 0 Å². The van der Waals surface area contributed by atoms with E-state index in [1.807, 2.05) is 0 Å². The predicted octanol–water partition coefficient (Wildman–Crippen LogP) is -1.17. The molecule has 15 heavy (non-hydrogen) atoms. The fraction of sp³-hybridized carbons (Fsp3) is 0.900. The van der Waals surface area contributed by atoms with Crippen molar-refractivity contribution >= 4 is 5.91 Å².